The molecule has 7 nitrogen and oxygen atoms in total. The molecule has 1 fully saturated rings. The van der Waals surface area contributed by atoms with Gasteiger partial charge in [0.2, 0.25) is 5.91 Å². The quantitative estimate of drug-likeness (QED) is 0.508. The maximum Gasteiger partial charge on any atom is 0.416 e. The zero-order chi connectivity index (χ0) is 28.4. The molecule has 2 atom stereocenters. The predicted octanol–water partition coefficient (Wildman–Crippen LogP) is 4.68. The van der Waals surface area contributed by atoms with E-state index in [0.717, 1.165) is 30.9 Å². The molecule has 3 aliphatic heterocycles. The molecule has 0 aromatic heterocycles. The highest BCUT2D eigenvalue weighted by atomic mass is 19.4. The Balaban J connectivity index is 1.57. The molecule has 3 aliphatic rings. The molecule has 210 valence electrons. The van der Waals surface area contributed by atoms with Crippen LogP contribution in [0.5, 0.6) is 0 Å². The van der Waals surface area contributed by atoms with Crippen molar-refractivity contribution in [3.05, 3.63) is 95.2 Å². The summed E-state index contributed by atoms with van der Waals surface area (Å²) in [4.78, 5) is 45.8. The fourth-order valence-electron chi connectivity index (χ4n) is 5.82. The van der Waals surface area contributed by atoms with Gasteiger partial charge in [-0.1, -0.05) is 54.6 Å². The van der Waals surface area contributed by atoms with Gasteiger partial charge in [-0.15, -0.1) is 6.58 Å². The number of nitrogens with one attached hydrogen (secondary N) is 1. The molecule has 2 aromatic carbocycles. The van der Waals surface area contributed by atoms with E-state index in [4.69, 9.17) is 0 Å². The topological polar surface area (TPSA) is 73.0 Å². The Labute approximate surface area is 230 Å². The van der Waals surface area contributed by atoms with Gasteiger partial charge in [0.05, 0.1) is 29.4 Å². The van der Waals surface area contributed by atoms with Gasteiger partial charge in [-0.25, -0.2) is 4.79 Å². The van der Waals surface area contributed by atoms with Crippen LogP contribution in [0.15, 0.2) is 78.5 Å². The largest absolute Gasteiger partial charge is 0.416 e. The lowest BCUT2D eigenvalue weighted by atomic mass is 9.91. The van der Waals surface area contributed by atoms with Gasteiger partial charge in [-0.05, 0) is 36.5 Å². The van der Waals surface area contributed by atoms with Crippen LogP contribution in [0, 0.1) is 0 Å². The summed E-state index contributed by atoms with van der Waals surface area (Å²) in [6.07, 6.45) is -0.197. The van der Waals surface area contributed by atoms with Crippen molar-refractivity contribution in [1.29, 1.82) is 0 Å². The highest BCUT2D eigenvalue weighted by Crippen LogP contribution is 2.42. The van der Waals surface area contributed by atoms with Crippen LogP contribution in [-0.4, -0.2) is 64.8 Å². The molecular formula is C30H31F3N4O3. The van der Waals surface area contributed by atoms with E-state index in [1.807, 2.05) is 30.3 Å². The number of nitrogens with zero attached hydrogens (tertiary/aromatic N) is 3. The number of alkyl halides is 3. The van der Waals surface area contributed by atoms with Crippen LogP contribution < -0.4 is 5.32 Å². The van der Waals surface area contributed by atoms with Crippen molar-refractivity contribution in [2.45, 2.75) is 43.9 Å². The number of halogens is 3. The van der Waals surface area contributed by atoms with Crippen molar-refractivity contribution in [2.75, 3.05) is 26.2 Å². The first-order valence-corrected chi connectivity index (χ1v) is 13.4. The monoisotopic (exact) mass is 552 g/mol. The second kappa shape index (κ2) is 11.2. The Bertz CT molecular complexity index is 1340. The van der Waals surface area contributed by atoms with Crippen molar-refractivity contribution in [2.24, 2.45) is 0 Å². The zero-order valence-electron chi connectivity index (χ0n) is 22.0. The van der Waals surface area contributed by atoms with Crippen molar-refractivity contribution in [3.63, 3.8) is 0 Å². The average molecular weight is 553 g/mol. The highest BCUT2D eigenvalue weighted by Gasteiger charge is 2.49. The Morgan fingerprint density at radius 1 is 1.02 bits per heavy atom. The summed E-state index contributed by atoms with van der Waals surface area (Å²) in [5, 5.41) is 2.62. The van der Waals surface area contributed by atoms with E-state index in [-0.39, 0.29) is 36.6 Å². The van der Waals surface area contributed by atoms with Crippen LogP contribution in [0.25, 0.3) is 0 Å². The van der Waals surface area contributed by atoms with Crippen LogP contribution >= 0.6 is 0 Å². The predicted molar refractivity (Wildman–Crippen MR) is 143 cm³/mol. The first kappa shape index (κ1) is 27.5. The molecule has 2 unspecified atom stereocenters. The van der Waals surface area contributed by atoms with Gasteiger partial charge in [0, 0.05) is 26.1 Å². The number of rotatable bonds is 7. The Hall–Kier alpha value is -4.08. The number of hydrogen-bond acceptors (Lipinski definition) is 3. The second-order valence-corrected chi connectivity index (χ2v) is 10.3. The van der Waals surface area contributed by atoms with E-state index in [1.165, 1.54) is 34.1 Å². The van der Waals surface area contributed by atoms with Crippen molar-refractivity contribution in [1.82, 2.24) is 20.0 Å². The van der Waals surface area contributed by atoms with Crippen LogP contribution in [0.2, 0.25) is 0 Å². The van der Waals surface area contributed by atoms with Crippen LogP contribution in [0.3, 0.4) is 0 Å². The summed E-state index contributed by atoms with van der Waals surface area (Å²) in [6, 6.07) is 11.4. The van der Waals surface area contributed by atoms with E-state index < -0.39 is 35.8 Å². The standard InChI is InChI=1S/C30H31F3N4O3/c1-2-15-36-24-19-37(23(18-20-11-5-3-6-12-20)27(38)35-16-9-4-10-17-35)28(39)25(24)26(34-29(36)40)21-13-7-8-14-22(21)30(31,32)33/h2-3,5-8,11-14,23,26H,1,4,9-10,15-19H2,(H,34,40). The van der Waals surface area contributed by atoms with E-state index in [0.29, 0.717) is 18.8 Å². The van der Waals surface area contributed by atoms with Crippen molar-refractivity contribution >= 4 is 17.8 Å². The lowest BCUT2D eigenvalue weighted by molar-refractivity contribution is -0.143. The first-order valence-electron chi connectivity index (χ1n) is 13.4. The Kier molecular flexibility index (Phi) is 7.69. The summed E-state index contributed by atoms with van der Waals surface area (Å²) in [5.41, 5.74) is 0.0431. The summed E-state index contributed by atoms with van der Waals surface area (Å²) < 4.78 is 42.0. The van der Waals surface area contributed by atoms with Crippen LogP contribution in [0.4, 0.5) is 18.0 Å². The Morgan fingerprint density at radius 3 is 2.38 bits per heavy atom. The van der Waals surface area contributed by atoms with E-state index in [2.05, 4.69) is 11.9 Å². The average Bonchev–Trinajstić information content (AvgIpc) is 3.30. The molecule has 0 bridgehead atoms. The van der Waals surface area contributed by atoms with E-state index in [9.17, 15) is 27.6 Å². The molecule has 0 saturated carbocycles. The van der Waals surface area contributed by atoms with Gasteiger partial charge in [0.1, 0.15) is 6.04 Å². The highest BCUT2D eigenvalue weighted by molar-refractivity contribution is 6.03. The number of urea groups is 1. The molecule has 0 radical (unpaired) electrons. The number of hydrogen-bond donors (Lipinski definition) is 1. The van der Waals surface area contributed by atoms with E-state index in [1.54, 1.807) is 4.90 Å². The summed E-state index contributed by atoms with van der Waals surface area (Å²) in [7, 11) is 0. The summed E-state index contributed by atoms with van der Waals surface area (Å²) >= 11 is 0. The molecule has 1 N–H and O–H groups in total. The van der Waals surface area contributed by atoms with Crippen molar-refractivity contribution in [3.8, 4) is 0 Å². The molecular weight excluding hydrogens is 521 g/mol. The second-order valence-electron chi connectivity index (χ2n) is 10.3. The Morgan fingerprint density at radius 2 is 1.70 bits per heavy atom. The molecule has 2 aromatic rings. The first-order chi connectivity index (χ1) is 19.2. The lowest BCUT2D eigenvalue weighted by Crippen LogP contribution is -2.52. The minimum absolute atomic E-state index is 0.0441. The number of piperidine rings is 1. The number of carbonyl (C=O) groups is 3. The maximum atomic E-state index is 14.2. The molecule has 1 saturated heterocycles. The molecule has 0 spiro atoms. The summed E-state index contributed by atoms with van der Waals surface area (Å²) in [6.45, 7) is 4.85. The van der Waals surface area contributed by atoms with Gasteiger partial charge in [0.25, 0.3) is 5.91 Å². The lowest BCUT2D eigenvalue weighted by Gasteiger charge is -2.35. The zero-order valence-corrected chi connectivity index (χ0v) is 22.0. The van der Waals surface area contributed by atoms with Crippen LogP contribution in [0.1, 0.15) is 42.0 Å². The SMILES string of the molecule is C=CCN1C(=O)NC(c2ccccc2C(F)(F)F)C2=C1CN(C(Cc1ccccc1)C(=O)N1CCCCC1)C2=O. The normalized spacial score (nSPS) is 20.4. The molecule has 4 amide bonds. The van der Waals surface area contributed by atoms with Gasteiger partial charge >= 0.3 is 12.2 Å². The number of likely N-dealkylation sites (tertiary alicyclic amines) is 1. The van der Waals surface area contributed by atoms with Crippen LogP contribution in [-0.2, 0) is 22.2 Å². The third-order valence-corrected chi connectivity index (χ3v) is 7.74. The molecule has 5 rings (SSSR count). The molecule has 3 heterocycles. The number of benzene rings is 2. The van der Waals surface area contributed by atoms with Gasteiger partial charge in [0.15, 0.2) is 0 Å². The molecule has 40 heavy (non-hydrogen) atoms. The number of carbonyl (C=O) groups excluding carboxylic acids is 3. The minimum atomic E-state index is -4.69. The molecule has 0 aliphatic carbocycles. The van der Waals surface area contributed by atoms with E-state index >= 15 is 0 Å². The molecule has 10 heteroatoms. The fraction of sp³-hybridized carbons (Fsp3) is 0.367. The third-order valence-electron chi connectivity index (χ3n) is 7.74. The third kappa shape index (κ3) is 5.22. The number of amides is 4. The maximum absolute atomic E-state index is 14.2. The minimum Gasteiger partial charge on any atom is -0.341 e. The summed E-state index contributed by atoms with van der Waals surface area (Å²) in [5.74, 6) is -0.754. The van der Waals surface area contributed by atoms with Gasteiger partial charge in [-0.2, -0.15) is 13.2 Å². The van der Waals surface area contributed by atoms with Gasteiger partial charge < -0.3 is 15.1 Å². The smallest absolute Gasteiger partial charge is 0.341 e. The van der Waals surface area contributed by atoms with Gasteiger partial charge in [-0.3, -0.25) is 14.5 Å². The van der Waals surface area contributed by atoms with Crippen molar-refractivity contribution < 1.29 is 27.6 Å². The fourth-order valence-corrected chi connectivity index (χ4v) is 5.82.